The van der Waals surface area contributed by atoms with Gasteiger partial charge in [-0.1, -0.05) is 31.2 Å². The maximum absolute atomic E-state index is 12.9. The number of methoxy groups -OCH3 is 1. The van der Waals surface area contributed by atoms with Gasteiger partial charge >= 0.3 is 0 Å². The summed E-state index contributed by atoms with van der Waals surface area (Å²) in [5.41, 5.74) is 1.63. The van der Waals surface area contributed by atoms with E-state index in [2.05, 4.69) is 4.72 Å². The Balaban J connectivity index is 1.35. The fourth-order valence-corrected chi connectivity index (χ4v) is 5.37. The summed E-state index contributed by atoms with van der Waals surface area (Å²) in [5, 5.41) is 0.905. The van der Waals surface area contributed by atoms with Crippen LogP contribution in [0.3, 0.4) is 0 Å². The van der Waals surface area contributed by atoms with Crippen molar-refractivity contribution in [3.05, 3.63) is 59.9 Å². The smallest absolute Gasteiger partial charge is 0.289 e. The zero-order valence-electron chi connectivity index (χ0n) is 18.3. The first kappa shape index (κ1) is 22.4. The van der Waals surface area contributed by atoms with E-state index in [4.69, 9.17) is 9.15 Å². The van der Waals surface area contributed by atoms with Crippen LogP contribution in [0.25, 0.3) is 11.0 Å². The number of carbonyl (C=O) groups excluding carboxylic acids is 1. The molecule has 0 aliphatic carbocycles. The van der Waals surface area contributed by atoms with Crippen LogP contribution in [0.5, 0.6) is 5.75 Å². The number of piperidine rings is 1. The van der Waals surface area contributed by atoms with Crippen LogP contribution < -0.4 is 9.46 Å². The molecule has 0 atom stereocenters. The van der Waals surface area contributed by atoms with Gasteiger partial charge in [0.05, 0.1) is 7.11 Å². The molecule has 1 aliphatic heterocycles. The quantitative estimate of drug-likeness (QED) is 0.584. The second kappa shape index (κ2) is 9.34. The summed E-state index contributed by atoms with van der Waals surface area (Å²) in [6.07, 6.45) is 2.19. The number of amides is 1. The molecule has 32 heavy (non-hydrogen) atoms. The summed E-state index contributed by atoms with van der Waals surface area (Å²) in [7, 11) is -2.23. The van der Waals surface area contributed by atoms with Crippen molar-refractivity contribution in [2.24, 2.45) is 5.92 Å². The number of likely N-dealkylation sites (tertiary alicyclic amines) is 1. The van der Waals surface area contributed by atoms with Crippen molar-refractivity contribution in [2.45, 2.75) is 31.1 Å². The third kappa shape index (κ3) is 4.66. The minimum absolute atomic E-state index is 0.124. The molecule has 8 heteroatoms. The molecule has 0 radical (unpaired) electrons. The SMILES string of the molecule is CCc1ccc(OC)c(S(=O)(=O)NCC2CCN(C(=O)c3cc4ccccc4o3)CC2)c1. The summed E-state index contributed by atoms with van der Waals surface area (Å²) < 4.78 is 39.5. The fourth-order valence-electron chi connectivity index (χ4n) is 4.04. The highest BCUT2D eigenvalue weighted by Crippen LogP contribution is 2.26. The van der Waals surface area contributed by atoms with Gasteiger partial charge in [-0.05, 0) is 55.0 Å². The van der Waals surface area contributed by atoms with Gasteiger partial charge in [0, 0.05) is 25.0 Å². The Labute approximate surface area is 188 Å². The van der Waals surface area contributed by atoms with Crippen LogP contribution in [0.2, 0.25) is 0 Å². The number of nitrogens with zero attached hydrogens (tertiary/aromatic N) is 1. The normalized spacial score (nSPS) is 15.2. The van der Waals surface area contributed by atoms with E-state index in [9.17, 15) is 13.2 Å². The molecule has 170 valence electrons. The lowest BCUT2D eigenvalue weighted by Gasteiger charge is -2.31. The lowest BCUT2D eigenvalue weighted by atomic mass is 9.97. The number of nitrogens with one attached hydrogen (secondary N) is 1. The molecule has 1 N–H and O–H groups in total. The largest absolute Gasteiger partial charge is 0.495 e. The van der Waals surface area contributed by atoms with Crippen LogP contribution in [0.1, 0.15) is 35.9 Å². The monoisotopic (exact) mass is 456 g/mol. The van der Waals surface area contributed by atoms with E-state index < -0.39 is 10.0 Å². The van der Waals surface area contributed by atoms with Crippen molar-refractivity contribution in [2.75, 3.05) is 26.7 Å². The lowest BCUT2D eigenvalue weighted by molar-refractivity contribution is 0.0662. The molecule has 7 nitrogen and oxygen atoms in total. The highest BCUT2D eigenvalue weighted by atomic mass is 32.2. The van der Waals surface area contributed by atoms with Crippen molar-refractivity contribution in [3.63, 3.8) is 0 Å². The zero-order chi connectivity index (χ0) is 22.7. The van der Waals surface area contributed by atoms with Crippen LogP contribution in [-0.2, 0) is 16.4 Å². The van der Waals surface area contributed by atoms with Gasteiger partial charge in [-0.3, -0.25) is 4.79 Å². The first-order valence-corrected chi connectivity index (χ1v) is 12.3. The van der Waals surface area contributed by atoms with Crippen LogP contribution in [0, 0.1) is 5.92 Å². The fraction of sp³-hybridized carbons (Fsp3) is 0.375. The molecule has 1 aromatic heterocycles. The maximum Gasteiger partial charge on any atom is 0.289 e. The number of aryl methyl sites for hydroxylation is 1. The van der Waals surface area contributed by atoms with E-state index in [-0.39, 0.29) is 16.7 Å². The molecule has 1 fully saturated rings. The van der Waals surface area contributed by atoms with Crippen molar-refractivity contribution < 1.29 is 22.4 Å². The minimum atomic E-state index is -3.69. The predicted octanol–water partition coefficient (Wildman–Crippen LogP) is 3.83. The van der Waals surface area contributed by atoms with Crippen LogP contribution >= 0.6 is 0 Å². The summed E-state index contributed by atoms with van der Waals surface area (Å²) in [6.45, 7) is 3.44. The number of rotatable bonds is 7. The van der Waals surface area contributed by atoms with E-state index in [1.54, 1.807) is 23.1 Å². The topological polar surface area (TPSA) is 88.9 Å². The molecule has 0 saturated carbocycles. The lowest BCUT2D eigenvalue weighted by Crippen LogP contribution is -2.41. The predicted molar refractivity (Wildman–Crippen MR) is 122 cm³/mol. The third-order valence-electron chi connectivity index (χ3n) is 6.03. The number of furan rings is 1. The molecular weight excluding hydrogens is 428 g/mol. The highest BCUT2D eigenvalue weighted by molar-refractivity contribution is 7.89. The molecule has 1 amide bonds. The van der Waals surface area contributed by atoms with Gasteiger partial charge in [0.25, 0.3) is 5.91 Å². The Morgan fingerprint density at radius 3 is 2.59 bits per heavy atom. The van der Waals surface area contributed by atoms with E-state index >= 15 is 0 Å². The van der Waals surface area contributed by atoms with E-state index in [0.717, 1.165) is 30.2 Å². The summed E-state index contributed by atoms with van der Waals surface area (Å²) >= 11 is 0. The Morgan fingerprint density at radius 1 is 1.16 bits per heavy atom. The number of sulfonamides is 1. The number of ether oxygens (including phenoxy) is 1. The van der Waals surface area contributed by atoms with Crippen LogP contribution in [-0.4, -0.2) is 46.0 Å². The van der Waals surface area contributed by atoms with Crippen molar-refractivity contribution in [1.29, 1.82) is 0 Å². The number of fused-ring (bicyclic) bond motifs is 1. The van der Waals surface area contributed by atoms with E-state index in [1.807, 2.05) is 37.3 Å². The molecule has 4 rings (SSSR count). The number of hydrogen-bond donors (Lipinski definition) is 1. The average Bonchev–Trinajstić information content (AvgIpc) is 3.26. The molecular formula is C24H28N2O5S. The van der Waals surface area contributed by atoms with E-state index in [1.165, 1.54) is 7.11 Å². The summed E-state index contributed by atoms with van der Waals surface area (Å²) in [5.74, 6) is 0.709. The molecule has 1 aliphatic rings. The van der Waals surface area contributed by atoms with Gasteiger partial charge < -0.3 is 14.1 Å². The second-order valence-corrected chi connectivity index (χ2v) is 9.81. The Kier molecular flexibility index (Phi) is 6.53. The van der Waals surface area contributed by atoms with Gasteiger partial charge in [0.15, 0.2) is 5.76 Å². The molecule has 2 aromatic carbocycles. The second-order valence-electron chi connectivity index (χ2n) is 8.07. The van der Waals surface area contributed by atoms with E-state index in [0.29, 0.717) is 36.7 Å². The molecule has 0 bridgehead atoms. The van der Waals surface area contributed by atoms with Gasteiger partial charge in [0.2, 0.25) is 10.0 Å². The standard InChI is InChI=1S/C24H28N2O5S/c1-3-17-8-9-21(30-2)23(14-17)32(28,29)25-16-18-10-12-26(13-11-18)24(27)22-15-19-6-4-5-7-20(19)31-22/h4-9,14-15,18,25H,3,10-13,16H2,1-2H3. The molecule has 0 unspecified atom stereocenters. The van der Waals surface area contributed by atoms with Crippen molar-refractivity contribution >= 4 is 26.9 Å². The average molecular weight is 457 g/mol. The number of benzene rings is 2. The molecule has 2 heterocycles. The van der Waals surface area contributed by atoms with Crippen molar-refractivity contribution in [3.8, 4) is 5.75 Å². The Hall–Kier alpha value is -2.84. The number of para-hydroxylation sites is 1. The van der Waals surface area contributed by atoms with Crippen molar-refractivity contribution in [1.82, 2.24) is 9.62 Å². The minimum Gasteiger partial charge on any atom is -0.495 e. The number of carbonyl (C=O) groups is 1. The first-order valence-electron chi connectivity index (χ1n) is 10.9. The van der Waals surface area contributed by atoms with Crippen LogP contribution in [0.4, 0.5) is 0 Å². The van der Waals surface area contributed by atoms with Gasteiger partial charge in [-0.25, -0.2) is 13.1 Å². The Morgan fingerprint density at radius 2 is 1.91 bits per heavy atom. The maximum atomic E-state index is 12.9. The third-order valence-corrected chi connectivity index (χ3v) is 7.47. The number of hydrogen-bond acceptors (Lipinski definition) is 5. The highest BCUT2D eigenvalue weighted by Gasteiger charge is 2.27. The Bertz CT molecular complexity index is 1180. The molecule has 1 saturated heterocycles. The summed E-state index contributed by atoms with van der Waals surface area (Å²) in [6, 6.07) is 14.5. The van der Waals surface area contributed by atoms with Gasteiger partial charge in [0.1, 0.15) is 16.2 Å². The van der Waals surface area contributed by atoms with Gasteiger partial charge in [-0.15, -0.1) is 0 Å². The summed E-state index contributed by atoms with van der Waals surface area (Å²) in [4.78, 5) is 14.8. The molecule has 0 spiro atoms. The first-order chi connectivity index (χ1) is 15.4. The zero-order valence-corrected chi connectivity index (χ0v) is 19.2. The molecule has 3 aromatic rings. The van der Waals surface area contributed by atoms with Gasteiger partial charge in [-0.2, -0.15) is 0 Å². The van der Waals surface area contributed by atoms with Crippen LogP contribution in [0.15, 0.2) is 57.8 Å².